The Kier molecular flexibility index (Phi) is 8.91. The molecule has 5 rings (SSSR count). The molecule has 4 amide bonds. The van der Waals surface area contributed by atoms with Gasteiger partial charge in [-0.05, 0) is 67.2 Å². The van der Waals surface area contributed by atoms with E-state index < -0.39 is 12.1 Å². The second-order valence-corrected chi connectivity index (χ2v) is 10.6. The standard InChI is InChI=1S/C34H35N5O5/c1-21(35-3)32(41)37-28-20-39(33(42)24-13-16-25(17-14-24)36-22(2)40)30-12-8-7-11-29(30)38(34(28)43)19-27-26-10-6-5-9-23(26)15-18-31(27)44-4/h5-18,21,28,35H,19-20H2,1-4H3,(H,36,40)(H,37,41)/t21-,28-/m0/s1. The summed E-state index contributed by atoms with van der Waals surface area (Å²) in [6, 6.07) is 23.8. The van der Waals surface area contributed by atoms with Crippen molar-refractivity contribution >= 4 is 51.5 Å². The monoisotopic (exact) mass is 593 g/mol. The van der Waals surface area contributed by atoms with E-state index in [-0.39, 0.29) is 36.7 Å². The number of rotatable bonds is 8. The number of amides is 4. The number of hydrogen-bond donors (Lipinski definition) is 3. The van der Waals surface area contributed by atoms with Gasteiger partial charge in [-0.2, -0.15) is 0 Å². The van der Waals surface area contributed by atoms with Crippen LogP contribution in [0.1, 0.15) is 29.8 Å². The Labute approximate surface area is 256 Å². The number of nitrogens with zero attached hydrogens (tertiary/aromatic N) is 2. The van der Waals surface area contributed by atoms with Crippen molar-refractivity contribution in [1.82, 2.24) is 10.6 Å². The second kappa shape index (κ2) is 13.0. The lowest BCUT2D eigenvalue weighted by Gasteiger charge is -2.27. The Balaban J connectivity index is 1.61. The molecule has 0 radical (unpaired) electrons. The molecule has 3 N–H and O–H groups in total. The third kappa shape index (κ3) is 6.11. The van der Waals surface area contributed by atoms with Crippen molar-refractivity contribution in [2.45, 2.75) is 32.5 Å². The minimum Gasteiger partial charge on any atom is -0.496 e. The molecule has 2 atom stereocenters. The third-order valence-electron chi connectivity index (χ3n) is 7.77. The van der Waals surface area contributed by atoms with Crippen LogP contribution in [0.2, 0.25) is 0 Å². The zero-order valence-electron chi connectivity index (χ0n) is 25.1. The number of para-hydroxylation sites is 2. The minimum absolute atomic E-state index is 0.0898. The van der Waals surface area contributed by atoms with E-state index in [9.17, 15) is 19.2 Å². The number of nitrogens with one attached hydrogen (secondary N) is 3. The summed E-state index contributed by atoms with van der Waals surface area (Å²) in [6.07, 6.45) is 0. The maximum atomic E-state index is 14.4. The van der Waals surface area contributed by atoms with Crippen LogP contribution >= 0.6 is 0 Å². The van der Waals surface area contributed by atoms with E-state index in [1.807, 2.05) is 48.5 Å². The molecule has 1 aliphatic rings. The van der Waals surface area contributed by atoms with Gasteiger partial charge in [0, 0.05) is 23.7 Å². The summed E-state index contributed by atoms with van der Waals surface area (Å²) >= 11 is 0. The van der Waals surface area contributed by atoms with Crippen molar-refractivity contribution in [2.75, 3.05) is 35.8 Å². The van der Waals surface area contributed by atoms with Crippen LogP contribution in [0.5, 0.6) is 5.75 Å². The lowest BCUT2D eigenvalue weighted by Crippen LogP contribution is -2.55. The van der Waals surface area contributed by atoms with Gasteiger partial charge in [0.2, 0.25) is 11.8 Å². The van der Waals surface area contributed by atoms with Gasteiger partial charge in [-0.1, -0.05) is 42.5 Å². The first-order valence-corrected chi connectivity index (χ1v) is 14.3. The van der Waals surface area contributed by atoms with Gasteiger partial charge in [0.15, 0.2) is 0 Å². The highest BCUT2D eigenvalue weighted by atomic mass is 16.5. The molecule has 0 unspecified atom stereocenters. The SMILES string of the molecule is CN[C@@H](C)C(=O)N[C@H]1CN(C(=O)c2ccc(NC(C)=O)cc2)c2ccccc2N(Cc2c(OC)ccc3ccccc23)C1=O. The lowest BCUT2D eigenvalue weighted by atomic mass is 10.0. The maximum absolute atomic E-state index is 14.4. The van der Waals surface area contributed by atoms with Crippen LogP contribution in [0.15, 0.2) is 84.9 Å². The van der Waals surface area contributed by atoms with Gasteiger partial charge in [-0.15, -0.1) is 0 Å². The van der Waals surface area contributed by atoms with Crippen molar-refractivity contribution in [2.24, 2.45) is 0 Å². The molecule has 0 saturated heterocycles. The van der Waals surface area contributed by atoms with Gasteiger partial charge in [0.1, 0.15) is 11.8 Å². The molecule has 1 heterocycles. The van der Waals surface area contributed by atoms with Crippen molar-refractivity contribution in [3.63, 3.8) is 0 Å². The van der Waals surface area contributed by atoms with Crippen LogP contribution < -0.4 is 30.5 Å². The van der Waals surface area contributed by atoms with Gasteiger partial charge >= 0.3 is 0 Å². The fourth-order valence-corrected chi connectivity index (χ4v) is 5.36. The van der Waals surface area contributed by atoms with Crippen molar-refractivity contribution in [3.05, 3.63) is 96.1 Å². The Morgan fingerprint density at radius 2 is 1.61 bits per heavy atom. The molecule has 1 aliphatic heterocycles. The normalized spacial score (nSPS) is 15.3. The predicted molar refractivity (Wildman–Crippen MR) is 171 cm³/mol. The quantitative estimate of drug-likeness (QED) is 0.283. The van der Waals surface area contributed by atoms with Gasteiger partial charge in [0.25, 0.3) is 11.8 Å². The number of fused-ring (bicyclic) bond motifs is 2. The molecule has 0 aromatic heterocycles. The number of hydrogen-bond acceptors (Lipinski definition) is 6. The second-order valence-electron chi connectivity index (χ2n) is 10.6. The largest absolute Gasteiger partial charge is 0.496 e. The predicted octanol–water partition coefficient (Wildman–Crippen LogP) is 4.09. The molecule has 0 spiro atoms. The average Bonchev–Trinajstić information content (AvgIpc) is 3.14. The topological polar surface area (TPSA) is 120 Å². The first kappa shape index (κ1) is 30.2. The summed E-state index contributed by atoms with van der Waals surface area (Å²) in [4.78, 5) is 56.2. The lowest BCUT2D eigenvalue weighted by molar-refractivity contribution is -0.128. The van der Waals surface area contributed by atoms with Gasteiger partial charge in [-0.25, -0.2) is 0 Å². The van der Waals surface area contributed by atoms with E-state index in [1.54, 1.807) is 62.4 Å². The van der Waals surface area contributed by atoms with E-state index in [0.29, 0.717) is 28.4 Å². The van der Waals surface area contributed by atoms with Crippen LogP contribution in [0.25, 0.3) is 10.8 Å². The molecule has 10 nitrogen and oxygen atoms in total. The average molecular weight is 594 g/mol. The number of likely N-dealkylation sites (N-methyl/N-ethyl adjacent to an activating group) is 1. The van der Waals surface area contributed by atoms with Crippen LogP contribution in [-0.2, 0) is 20.9 Å². The van der Waals surface area contributed by atoms with Crippen LogP contribution in [0, 0.1) is 0 Å². The number of carbonyl (C=O) groups excluding carboxylic acids is 4. The van der Waals surface area contributed by atoms with Crippen molar-refractivity contribution < 1.29 is 23.9 Å². The number of ether oxygens (including phenoxy) is 1. The van der Waals surface area contributed by atoms with E-state index in [1.165, 1.54) is 11.8 Å². The molecule has 226 valence electrons. The molecule has 0 bridgehead atoms. The summed E-state index contributed by atoms with van der Waals surface area (Å²) < 4.78 is 5.73. The van der Waals surface area contributed by atoms with E-state index in [4.69, 9.17) is 4.74 Å². The Hall–Kier alpha value is -5.22. The summed E-state index contributed by atoms with van der Waals surface area (Å²) in [5.74, 6) is -0.687. The molecule has 0 fully saturated rings. The van der Waals surface area contributed by atoms with Crippen molar-refractivity contribution in [3.8, 4) is 5.75 Å². The maximum Gasteiger partial charge on any atom is 0.258 e. The van der Waals surface area contributed by atoms with Crippen molar-refractivity contribution in [1.29, 1.82) is 0 Å². The number of anilines is 3. The van der Waals surface area contributed by atoms with Crippen LogP contribution in [0.4, 0.5) is 17.1 Å². The molecular weight excluding hydrogens is 558 g/mol. The number of benzene rings is 4. The smallest absolute Gasteiger partial charge is 0.258 e. The first-order chi connectivity index (χ1) is 21.2. The van der Waals surface area contributed by atoms with E-state index in [2.05, 4.69) is 16.0 Å². The Morgan fingerprint density at radius 3 is 2.30 bits per heavy atom. The molecule has 0 aliphatic carbocycles. The summed E-state index contributed by atoms with van der Waals surface area (Å²) in [6.45, 7) is 3.16. The zero-order chi connectivity index (χ0) is 31.4. The molecule has 10 heteroatoms. The van der Waals surface area contributed by atoms with E-state index >= 15 is 0 Å². The first-order valence-electron chi connectivity index (χ1n) is 14.3. The number of methoxy groups -OCH3 is 1. The molecule has 0 saturated carbocycles. The summed E-state index contributed by atoms with van der Waals surface area (Å²) in [5, 5.41) is 10.4. The number of carbonyl (C=O) groups is 4. The summed E-state index contributed by atoms with van der Waals surface area (Å²) in [7, 11) is 3.25. The zero-order valence-corrected chi connectivity index (χ0v) is 25.1. The molecule has 44 heavy (non-hydrogen) atoms. The van der Waals surface area contributed by atoms with E-state index in [0.717, 1.165) is 16.3 Å². The fourth-order valence-electron chi connectivity index (χ4n) is 5.36. The minimum atomic E-state index is -1.05. The Bertz CT molecular complexity index is 1720. The molecule has 4 aromatic carbocycles. The van der Waals surface area contributed by atoms with Crippen LogP contribution in [-0.4, -0.2) is 56.4 Å². The van der Waals surface area contributed by atoms with Crippen LogP contribution in [0.3, 0.4) is 0 Å². The van der Waals surface area contributed by atoms with Gasteiger partial charge in [-0.3, -0.25) is 19.2 Å². The summed E-state index contributed by atoms with van der Waals surface area (Å²) in [5.41, 5.74) is 2.76. The van der Waals surface area contributed by atoms with Gasteiger partial charge in [0.05, 0.1) is 37.6 Å². The molecule has 4 aromatic rings. The highest BCUT2D eigenvalue weighted by molar-refractivity contribution is 6.13. The highest BCUT2D eigenvalue weighted by Gasteiger charge is 2.38. The van der Waals surface area contributed by atoms with Gasteiger partial charge < -0.3 is 30.5 Å². The highest BCUT2D eigenvalue weighted by Crippen LogP contribution is 2.37. The Morgan fingerprint density at radius 1 is 0.932 bits per heavy atom. The fraction of sp³-hybridized carbons (Fsp3) is 0.235. The molecular formula is C34H35N5O5. The third-order valence-corrected chi connectivity index (χ3v) is 7.77.